The van der Waals surface area contributed by atoms with Crippen molar-refractivity contribution in [2.45, 2.75) is 17.8 Å². The molecule has 1 aromatic heterocycles. The van der Waals surface area contributed by atoms with Crippen molar-refractivity contribution in [3.05, 3.63) is 52.2 Å². The van der Waals surface area contributed by atoms with Crippen LogP contribution in [0.25, 0.3) is 0 Å². The van der Waals surface area contributed by atoms with E-state index in [1.807, 2.05) is 12.3 Å². The number of carbonyl (C=O) groups excluding carboxylic acids is 3. The lowest BCUT2D eigenvalue weighted by Crippen LogP contribution is -2.71. The van der Waals surface area contributed by atoms with E-state index in [-0.39, 0.29) is 34.6 Å². The topological polar surface area (TPSA) is 176 Å². The van der Waals surface area contributed by atoms with Crippen LogP contribution in [0.4, 0.5) is 10.8 Å². The molecule has 12 nitrogen and oxygen atoms in total. The van der Waals surface area contributed by atoms with Gasteiger partial charge >= 0.3 is 5.97 Å². The third-order valence-corrected chi connectivity index (χ3v) is 8.17. The maximum atomic E-state index is 13.0. The zero-order chi connectivity index (χ0) is 27.4. The van der Waals surface area contributed by atoms with Crippen molar-refractivity contribution in [1.82, 2.24) is 15.2 Å². The number of thiazole rings is 1. The Morgan fingerprint density at radius 1 is 1.37 bits per heavy atom. The van der Waals surface area contributed by atoms with Gasteiger partial charge in [0.15, 0.2) is 10.8 Å². The molecule has 38 heavy (non-hydrogen) atoms. The van der Waals surface area contributed by atoms with Gasteiger partial charge in [-0.1, -0.05) is 17.3 Å². The number of nitrogens with two attached hydrogens (primary N) is 1. The summed E-state index contributed by atoms with van der Waals surface area (Å²) >= 11 is 3.88. The van der Waals surface area contributed by atoms with E-state index in [0.29, 0.717) is 22.8 Å². The second-order valence-electron chi connectivity index (χ2n) is 8.17. The molecule has 1 aromatic carbocycles. The van der Waals surface area contributed by atoms with E-state index in [0.717, 1.165) is 16.9 Å². The number of hydrogen-bond donors (Lipinski definition) is 4. The minimum Gasteiger partial charge on any atom is -0.477 e. The second-order valence-corrected chi connectivity index (χ2v) is 11.0. The maximum absolute atomic E-state index is 13.0. The van der Waals surface area contributed by atoms with Crippen LogP contribution in [0.5, 0.6) is 0 Å². The predicted octanol–water partition coefficient (Wildman–Crippen LogP) is 1.36. The van der Waals surface area contributed by atoms with E-state index >= 15 is 0 Å². The van der Waals surface area contributed by atoms with Gasteiger partial charge in [0.05, 0.1) is 5.75 Å². The van der Waals surface area contributed by atoms with Gasteiger partial charge in [-0.2, -0.15) is 11.8 Å². The lowest BCUT2D eigenvalue weighted by molar-refractivity contribution is -0.150. The van der Waals surface area contributed by atoms with Crippen LogP contribution in [0.15, 0.2) is 46.1 Å². The molecule has 4 rings (SSSR count). The largest absolute Gasteiger partial charge is 0.477 e. The number of carbonyl (C=O) groups is 4. The van der Waals surface area contributed by atoms with Crippen LogP contribution in [0.2, 0.25) is 0 Å². The van der Waals surface area contributed by atoms with Crippen LogP contribution in [-0.2, 0) is 30.4 Å². The van der Waals surface area contributed by atoms with Gasteiger partial charge in [-0.3, -0.25) is 19.3 Å². The molecule has 3 amide bonds. The highest BCUT2D eigenvalue weighted by atomic mass is 32.2. The minimum atomic E-state index is -1.23. The van der Waals surface area contributed by atoms with E-state index < -0.39 is 29.2 Å². The molecular formula is C23H24N6O6S3. The number of nitrogens with zero attached hydrogens (tertiary/aromatic N) is 3. The zero-order valence-electron chi connectivity index (χ0n) is 20.3. The molecule has 0 radical (unpaired) electrons. The third kappa shape index (κ3) is 5.79. The van der Waals surface area contributed by atoms with Gasteiger partial charge in [0, 0.05) is 16.8 Å². The average Bonchev–Trinajstić information content (AvgIpc) is 3.31. The molecule has 2 atom stereocenters. The second kappa shape index (κ2) is 11.9. The Labute approximate surface area is 230 Å². The molecule has 200 valence electrons. The molecule has 2 aromatic rings. The van der Waals surface area contributed by atoms with Crippen molar-refractivity contribution in [2.24, 2.45) is 5.16 Å². The quantitative estimate of drug-likeness (QED) is 0.183. The Bertz CT molecular complexity index is 1340. The highest BCUT2D eigenvalue weighted by Gasteiger charge is 2.54. The first-order valence-corrected chi connectivity index (χ1v) is 14.5. The fourth-order valence-corrected chi connectivity index (χ4v) is 6.28. The number of amides is 3. The van der Waals surface area contributed by atoms with Gasteiger partial charge in [-0.05, 0) is 35.9 Å². The Hall–Kier alpha value is -3.56. The number of aliphatic carboxylic acids is 1. The summed E-state index contributed by atoms with van der Waals surface area (Å²) < 4.78 is 0. The van der Waals surface area contributed by atoms with E-state index in [9.17, 15) is 24.3 Å². The molecule has 0 saturated carbocycles. The smallest absolute Gasteiger partial charge is 0.352 e. The molecule has 0 unspecified atom stereocenters. The summed E-state index contributed by atoms with van der Waals surface area (Å²) in [5.74, 6) is -1.93. The molecule has 2 aliphatic heterocycles. The number of anilines is 2. The fourth-order valence-electron chi connectivity index (χ4n) is 4.05. The molecule has 0 spiro atoms. The summed E-state index contributed by atoms with van der Waals surface area (Å²) in [6, 6.07) is 6.20. The van der Waals surface area contributed by atoms with Crippen molar-refractivity contribution in [3.8, 4) is 0 Å². The number of aromatic nitrogens is 1. The first-order valence-electron chi connectivity index (χ1n) is 11.1. The standard InChI is InChI=1S/C23H24N6O6S3/c1-35-28-16(14-9-38-23(24)26-14)19(31)27-17-20(32)29-18(22(33)34)12(8-37-21(17)29)6-11-4-3-5-13(7-11)25-15(30)10-36-2/h3-5,7,9,17,21H,6,8,10H2,1-2H3,(H2,24,26)(H,25,30)(H,27,31)(H,33,34)/b28-16+/t17-,21-/m1/s1. The van der Waals surface area contributed by atoms with Gasteiger partial charge in [-0.25, -0.2) is 9.78 Å². The number of benzene rings is 1. The first-order chi connectivity index (χ1) is 18.2. The van der Waals surface area contributed by atoms with Crippen LogP contribution in [0, 0.1) is 0 Å². The molecular weight excluding hydrogens is 552 g/mol. The van der Waals surface area contributed by atoms with Crippen molar-refractivity contribution >= 4 is 75.1 Å². The van der Waals surface area contributed by atoms with Gasteiger partial charge in [-0.15, -0.1) is 23.1 Å². The van der Waals surface area contributed by atoms with E-state index in [1.165, 1.54) is 40.9 Å². The number of thioether (sulfide) groups is 2. The normalized spacial score (nSPS) is 18.9. The Morgan fingerprint density at radius 3 is 2.82 bits per heavy atom. The van der Waals surface area contributed by atoms with E-state index in [4.69, 9.17) is 10.6 Å². The summed E-state index contributed by atoms with van der Waals surface area (Å²) in [5, 5.41) is 20.3. The highest BCUT2D eigenvalue weighted by Crippen LogP contribution is 2.41. The van der Waals surface area contributed by atoms with E-state index in [2.05, 4.69) is 20.8 Å². The molecule has 3 heterocycles. The number of oxime groups is 1. The van der Waals surface area contributed by atoms with E-state index in [1.54, 1.807) is 18.2 Å². The molecule has 5 N–H and O–H groups in total. The monoisotopic (exact) mass is 576 g/mol. The van der Waals surface area contributed by atoms with Crippen LogP contribution in [0.3, 0.4) is 0 Å². The van der Waals surface area contributed by atoms with Crippen LogP contribution >= 0.6 is 34.9 Å². The molecule has 15 heteroatoms. The summed E-state index contributed by atoms with van der Waals surface area (Å²) in [7, 11) is 1.27. The van der Waals surface area contributed by atoms with Gasteiger partial charge in [0.1, 0.15) is 29.9 Å². The van der Waals surface area contributed by atoms with Crippen molar-refractivity contribution in [3.63, 3.8) is 0 Å². The van der Waals surface area contributed by atoms with Gasteiger partial charge in [0.25, 0.3) is 11.8 Å². The Kier molecular flexibility index (Phi) is 8.58. The Balaban J connectivity index is 1.50. The van der Waals surface area contributed by atoms with Gasteiger partial charge < -0.3 is 26.3 Å². The summed E-state index contributed by atoms with van der Waals surface area (Å²) in [5.41, 5.74) is 7.57. The number of rotatable bonds is 10. The van der Waals surface area contributed by atoms with Crippen molar-refractivity contribution in [1.29, 1.82) is 0 Å². The van der Waals surface area contributed by atoms with Crippen LogP contribution < -0.4 is 16.4 Å². The highest BCUT2D eigenvalue weighted by molar-refractivity contribution is 8.00. The molecule has 1 fully saturated rings. The molecule has 0 aliphatic carbocycles. The number of carboxylic acid groups (broad SMARTS) is 1. The fraction of sp³-hybridized carbons (Fsp3) is 0.304. The SMILES string of the molecule is CO/N=C(/C(=O)N[C@@H]1C(=O)N2C(C(=O)O)=C(Cc3cccc(NC(=O)CSC)c3)CS[C@H]12)c1csc(N)n1. The maximum Gasteiger partial charge on any atom is 0.352 e. The number of nitrogen functional groups attached to an aromatic ring is 1. The average molecular weight is 577 g/mol. The molecule has 1 saturated heterocycles. The molecule has 0 bridgehead atoms. The number of nitrogens with one attached hydrogen (secondary N) is 2. The molecule has 2 aliphatic rings. The number of fused-ring (bicyclic) bond motifs is 1. The Morgan fingerprint density at radius 2 is 2.16 bits per heavy atom. The third-order valence-electron chi connectivity index (χ3n) is 5.60. The lowest BCUT2D eigenvalue weighted by atomic mass is 9.98. The summed E-state index contributed by atoms with van der Waals surface area (Å²) in [4.78, 5) is 60.1. The summed E-state index contributed by atoms with van der Waals surface area (Å²) in [6.45, 7) is 0. The zero-order valence-corrected chi connectivity index (χ0v) is 22.7. The number of hydrogen-bond acceptors (Lipinski definition) is 11. The van der Waals surface area contributed by atoms with Gasteiger partial charge in [0.2, 0.25) is 5.91 Å². The minimum absolute atomic E-state index is 0.0980. The number of carboxylic acids is 1. The number of β-lactam (4-membered cyclic amide) rings is 1. The van der Waals surface area contributed by atoms with Crippen LogP contribution in [0.1, 0.15) is 11.3 Å². The predicted molar refractivity (Wildman–Crippen MR) is 147 cm³/mol. The van der Waals surface area contributed by atoms with Crippen molar-refractivity contribution < 1.29 is 29.1 Å². The lowest BCUT2D eigenvalue weighted by Gasteiger charge is -2.49. The first kappa shape index (κ1) is 27.5. The van der Waals surface area contributed by atoms with Crippen LogP contribution in [-0.4, -0.2) is 80.7 Å². The van der Waals surface area contributed by atoms with Crippen molar-refractivity contribution in [2.75, 3.05) is 35.9 Å². The summed E-state index contributed by atoms with van der Waals surface area (Å²) in [6.07, 6.45) is 2.12.